The summed E-state index contributed by atoms with van der Waals surface area (Å²) in [6, 6.07) is 22.4. The Morgan fingerprint density at radius 2 is 1.59 bits per heavy atom. The molecule has 7 nitrogen and oxygen atoms in total. The molecule has 0 radical (unpaired) electrons. The maximum absolute atomic E-state index is 14.5. The standard InChI is InChI=1S/C29H21BrN4O3/c30-18-10-3-6-13-21(18)33-26(36)23-22-14-7-15-32(22)29(24(23)27(33)37)17-9-2-5-12-20(17)34-25(35)16-8-1-4-11-19(16)31-28(29)34/h1-6,8-13,22-24H,7,14-15H2/t22-,23-,24+,29-/m0/s1. The van der Waals surface area contributed by atoms with Crippen molar-refractivity contribution in [1.29, 1.82) is 0 Å². The van der Waals surface area contributed by atoms with Gasteiger partial charge in [-0.15, -0.1) is 0 Å². The molecule has 3 aromatic carbocycles. The van der Waals surface area contributed by atoms with E-state index in [0.717, 1.165) is 30.6 Å². The quantitative estimate of drug-likeness (QED) is 0.334. The average Bonchev–Trinajstić information content (AvgIpc) is 3.62. The van der Waals surface area contributed by atoms with Crippen molar-refractivity contribution in [2.45, 2.75) is 24.4 Å². The third kappa shape index (κ3) is 2.41. The van der Waals surface area contributed by atoms with E-state index in [1.807, 2.05) is 60.7 Å². The molecule has 0 saturated carbocycles. The first kappa shape index (κ1) is 21.5. The van der Waals surface area contributed by atoms with Crippen molar-refractivity contribution >= 4 is 44.3 Å². The van der Waals surface area contributed by atoms with Crippen molar-refractivity contribution in [2.24, 2.45) is 11.8 Å². The largest absolute Gasteiger partial charge is 0.283 e. The number of fused-ring (bicyclic) bond motifs is 11. The highest BCUT2D eigenvalue weighted by Crippen LogP contribution is 2.62. The number of imide groups is 1. The molecule has 0 N–H and O–H groups in total. The van der Waals surface area contributed by atoms with Gasteiger partial charge in [0.05, 0.1) is 34.1 Å². The lowest BCUT2D eigenvalue weighted by atomic mass is 9.75. The van der Waals surface area contributed by atoms with Gasteiger partial charge in [0.15, 0.2) is 0 Å². The van der Waals surface area contributed by atoms with Crippen molar-refractivity contribution in [2.75, 3.05) is 11.4 Å². The second-order valence-corrected chi connectivity index (χ2v) is 11.1. The van der Waals surface area contributed by atoms with Crippen LogP contribution in [0.25, 0.3) is 16.6 Å². The molecule has 8 rings (SSSR count). The molecule has 4 aliphatic rings. The molecule has 4 atom stereocenters. The summed E-state index contributed by atoms with van der Waals surface area (Å²) in [6.07, 6.45) is 1.75. The van der Waals surface area contributed by atoms with Crippen molar-refractivity contribution in [3.8, 4) is 5.69 Å². The van der Waals surface area contributed by atoms with Gasteiger partial charge in [-0.05, 0) is 65.6 Å². The minimum absolute atomic E-state index is 0.100. The molecule has 8 heteroatoms. The number of aromatic nitrogens is 2. The topological polar surface area (TPSA) is 75.5 Å². The molecule has 3 fully saturated rings. The van der Waals surface area contributed by atoms with Crippen LogP contribution in [0.4, 0.5) is 5.69 Å². The van der Waals surface area contributed by atoms with Gasteiger partial charge in [0.25, 0.3) is 5.56 Å². The lowest BCUT2D eigenvalue weighted by molar-refractivity contribution is -0.124. The van der Waals surface area contributed by atoms with E-state index in [0.29, 0.717) is 26.9 Å². The number of anilines is 1. The molecular formula is C29H21BrN4O3. The van der Waals surface area contributed by atoms with Crippen LogP contribution in [0.1, 0.15) is 24.2 Å². The fourth-order valence-electron chi connectivity index (χ4n) is 7.48. The SMILES string of the molecule is O=C1[C@H]2[C@@H]3CCCN3[C@@]3(c4ccccc4-n4c3nc3ccccc3c4=O)[C@H]2C(=O)N1c1ccccc1Br. The monoisotopic (exact) mass is 552 g/mol. The van der Waals surface area contributed by atoms with Crippen LogP contribution >= 0.6 is 15.9 Å². The number of benzene rings is 3. The Labute approximate surface area is 220 Å². The highest BCUT2D eigenvalue weighted by atomic mass is 79.9. The van der Waals surface area contributed by atoms with Crippen molar-refractivity contribution < 1.29 is 9.59 Å². The molecule has 4 aromatic rings. The van der Waals surface area contributed by atoms with E-state index < -0.39 is 17.4 Å². The van der Waals surface area contributed by atoms with Gasteiger partial charge in [-0.1, -0.05) is 42.5 Å². The van der Waals surface area contributed by atoms with Gasteiger partial charge < -0.3 is 0 Å². The minimum Gasteiger partial charge on any atom is -0.283 e. The molecule has 1 aromatic heterocycles. The molecule has 0 bridgehead atoms. The Morgan fingerprint density at radius 3 is 2.43 bits per heavy atom. The number of halogens is 1. The lowest BCUT2D eigenvalue weighted by Crippen LogP contribution is -2.51. The van der Waals surface area contributed by atoms with Crippen LogP contribution < -0.4 is 10.5 Å². The molecule has 0 aliphatic carbocycles. The third-order valence-corrected chi connectivity index (χ3v) is 9.40. The molecule has 37 heavy (non-hydrogen) atoms. The fourth-order valence-corrected chi connectivity index (χ4v) is 7.95. The fraction of sp³-hybridized carbons (Fsp3) is 0.241. The minimum atomic E-state index is -0.992. The van der Waals surface area contributed by atoms with E-state index in [1.165, 1.54) is 4.90 Å². The summed E-state index contributed by atoms with van der Waals surface area (Å²) in [7, 11) is 0. The van der Waals surface area contributed by atoms with Crippen molar-refractivity contribution in [3.63, 3.8) is 0 Å². The van der Waals surface area contributed by atoms with Gasteiger partial charge >= 0.3 is 0 Å². The number of hydrogen-bond acceptors (Lipinski definition) is 5. The van der Waals surface area contributed by atoms with E-state index in [4.69, 9.17) is 4.98 Å². The van der Waals surface area contributed by atoms with Crippen LogP contribution in [-0.2, 0) is 15.1 Å². The Morgan fingerprint density at radius 1 is 0.865 bits per heavy atom. The van der Waals surface area contributed by atoms with E-state index in [9.17, 15) is 14.4 Å². The van der Waals surface area contributed by atoms with Gasteiger partial charge in [-0.2, -0.15) is 0 Å². The summed E-state index contributed by atoms with van der Waals surface area (Å²) in [6.45, 7) is 0.740. The van der Waals surface area contributed by atoms with Crippen LogP contribution in [0.15, 0.2) is 82.1 Å². The molecule has 0 unspecified atom stereocenters. The van der Waals surface area contributed by atoms with Crippen LogP contribution in [-0.4, -0.2) is 38.9 Å². The summed E-state index contributed by atoms with van der Waals surface area (Å²) in [5.74, 6) is -1.05. The lowest BCUT2D eigenvalue weighted by Gasteiger charge is -2.38. The summed E-state index contributed by atoms with van der Waals surface area (Å²) in [5.41, 5.74) is 1.64. The maximum Gasteiger partial charge on any atom is 0.266 e. The zero-order valence-corrected chi connectivity index (χ0v) is 21.3. The molecule has 3 saturated heterocycles. The molecule has 1 spiro atoms. The van der Waals surface area contributed by atoms with Gasteiger partial charge in [-0.3, -0.25) is 23.9 Å². The van der Waals surface area contributed by atoms with Crippen LogP contribution in [0.3, 0.4) is 0 Å². The average molecular weight is 553 g/mol. The molecule has 2 amide bonds. The van der Waals surface area contributed by atoms with Gasteiger partial charge in [-0.25, -0.2) is 9.88 Å². The zero-order chi connectivity index (χ0) is 25.1. The number of carbonyl (C=O) groups is 2. The Balaban J connectivity index is 1.46. The molecule has 5 heterocycles. The molecular weight excluding hydrogens is 532 g/mol. The second-order valence-electron chi connectivity index (χ2n) is 10.2. The zero-order valence-electron chi connectivity index (χ0n) is 19.7. The third-order valence-electron chi connectivity index (χ3n) is 8.73. The summed E-state index contributed by atoms with van der Waals surface area (Å²) in [5, 5.41) is 0.536. The number of para-hydroxylation sites is 3. The van der Waals surface area contributed by atoms with Gasteiger partial charge in [0, 0.05) is 16.1 Å². The number of hydrogen-bond donors (Lipinski definition) is 0. The number of rotatable bonds is 1. The first-order valence-electron chi connectivity index (χ1n) is 12.6. The summed E-state index contributed by atoms with van der Waals surface area (Å²) in [4.78, 5) is 51.2. The van der Waals surface area contributed by atoms with E-state index in [1.54, 1.807) is 16.7 Å². The highest BCUT2D eigenvalue weighted by molar-refractivity contribution is 9.10. The number of carbonyl (C=O) groups excluding carboxylic acids is 2. The van der Waals surface area contributed by atoms with Crippen molar-refractivity contribution in [3.05, 3.63) is 99.0 Å². The van der Waals surface area contributed by atoms with Crippen LogP contribution in [0.5, 0.6) is 0 Å². The van der Waals surface area contributed by atoms with E-state index >= 15 is 0 Å². The Bertz CT molecular complexity index is 1750. The smallest absolute Gasteiger partial charge is 0.266 e. The van der Waals surface area contributed by atoms with Gasteiger partial charge in [0.2, 0.25) is 11.8 Å². The normalized spacial score (nSPS) is 27.7. The Hall–Kier alpha value is -3.62. The molecule has 4 aliphatic heterocycles. The predicted molar refractivity (Wildman–Crippen MR) is 141 cm³/mol. The highest BCUT2D eigenvalue weighted by Gasteiger charge is 2.73. The van der Waals surface area contributed by atoms with Crippen LogP contribution in [0, 0.1) is 11.8 Å². The predicted octanol–water partition coefficient (Wildman–Crippen LogP) is 3.99. The van der Waals surface area contributed by atoms with Crippen LogP contribution in [0.2, 0.25) is 0 Å². The second kappa shape index (κ2) is 7.24. The molecule has 182 valence electrons. The van der Waals surface area contributed by atoms with E-state index in [2.05, 4.69) is 20.8 Å². The maximum atomic E-state index is 14.5. The first-order chi connectivity index (χ1) is 18.0. The Kier molecular flexibility index (Phi) is 4.20. The summed E-state index contributed by atoms with van der Waals surface area (Å²) >= 11 is 3.55. The summed E-state index contributed by atoms with van der Waals surface area (Å²) < 4.78 is 2.38. The van der Waals surface area contributed by atoms with E-state index in [-0.39, 0.29) is 23.4 Å². The number of amides is 2. The van der Waals surface area contributed by atoms with Gasteiger partial charge in [0.1, 0.15) is 11.4 Å². The van der Waals surface area contributed by atoms with Crippen molar-refractivity contribution in [1.82, 2.24) is 14.5 Å². The number of nitrogens with zero attached hydrogens (tertiary/aromatic N) is 4. The first-order valence-corrected chi connectivity index (χ1v) is 13.4.